The van der Waals surface area contributed by atoms with Crippen LogP contribution in [-0.2, 0) is 4.79 Å². The Labute approximate surface area is 93.4 Å². The van der Waals surface area contributed by atoms with Crippen molar-refractivity contribution in [3.8, 4) is 0 Å². The van der Waals surface area contributed by atoms with Gasteiger partial charge in [-0.05, 0) is 36.4 Å². The highest BCUT2D eigenvalue weighted by Crippen LogP contribution is 2.24. The summed E-state index contributed by atoms with van der Waals surface area (Å²) in [7, 11) is 0. The van der Waals surface area contributed by atoms with Crippen molar-refractivity contribution in [2.45, 2.75) is 6.42 Å². The van der Waals surface area contributed by atoms with Gasteiger partial charge in [-0.15, -0.1) is 0 Å². The fraction of sp³-hybridized carbons (Fsp3) is 0.364. The molecule has 0 aliphatic carbocycles. The van der Waals surface area contributed by atoms with E-state index in [9.17, 15) is 4.79 Å². The number of carbonyl (C=O) groups is 1. The molecular formula is C11H14N2OS. The number of benzene rings is 1. The SMILES string of the molecule is Nc1ccc(NC(=O)C2CCSC2)cc1. The topological polar surface area (TPSA) is 55.1 Å². The Morgan fingerprint density at radius 2 is 2.13 bits per heavy atom. The Kier molecular flexibility index (Phi) is 3.16. The number of amides is 1. The highest BCUT2D eigenvalue weighted by atomic mass is 32.2. The molecule has 1 atom stereocenters. The third-order valence-corrected chi connectivity index (χ3v) is 3.64. The summed E-state index contributed by atoms with van der Waals surface area (Å²) in [5, 5.41) is 2.90. The van der Waals surface area contributed by atoms with Gasteiger partial charge in [0.25, 0.3) is 0 Å². The predicted octanol–water partition coefficient (Wildman–Crippen LogP) is 1.96. The van der Waals surface area contributed by atoms with Crippen LogP contribution in [0.3, 0.4) is 0 Å². The van der Waals surface area contributed by atoms with E-state index < -0.39 is 0 Å². The molecule has 1 unspecified atom stereocenters. The van der Waals surface area contributed by atoms with Gasteiger partial charge in [-0.2, -0.15) is 11.8 Å². The maximum absolute atomic E-state index is 11.7. The minimum atomic E-state index is 0.129. The van der Waals surface area contributed by atoms with Gasteiger partial charge in [-0.25, -0.2) is 0 Å². The smallest absolute Gasteiger partial charge is 0.228 e. The van der Waals surface area contributed by atoms with E-state index in [2.05, 4.69) is 5.32 Å². The summed E-state index contributed by atoms with van der Waals surface area (Å²) in [6, 6.07) is 7.24. The molecule has 0 saturated carbocycles. The van der Waals surface area contributed by atoms with Crippen LogP contribution in [0.1, 0.15) is 6.42 Å². The second-order valence-electron chi connectivity index (χ2n) is 3.67. The normalized spacial score (nSPS) is 20.1. The number of hydrogen-bond acceptors (Lipinski definition) is 3. The van der Waals surface area contributed by atoms with E-state index in [1.807, 2.05) is 23.9 Å². The maximum Gasteiger partial charge on any atom is 0.228 e. The summed E-state index contributed by atoms with van der Waals surface area (Å²) in [5.74, 6) is 2.35. The predicted molar refractivity (Wildman–Crippen MR) is 64.9 cm³/mol. The van der Waals surface area contributed by atoms with Gasteiger partial charge in [0, 0.05) is 23.0 Å². The van der Waals surface area contributed by atoms with Gasteiger partial charge < -0.3 is 11.1 Å². The van der Waals surface area contributed by atoms with Crippen LogP contribution in [0, 0.1) is 5.92 Å². The number of carbonyl (C=O) groups excluding carboxylic acids is 1. The molecule has 1 aromatic rings. The molecular weight excluding hydrogens is 208 g/mol. The molecule has 1 heterocycles. The van der Waals surface area contributed by atoms with Gasteiger partial charge in [0.2, 0.25) is 5.91 Å². The lowest BCUT2D eigenvalue weighted by Gasteiger charge is -2.09. The van der Waals surface area contributed by atoms with Gasteiger partial charge in [-0.3, -0.25) is 4.79 Å². The minimum absolute atomic E-state index is 0.129. The van der Waals surface area contributed by atoms with E-state index in [1.165, 1.54) is 0 Å². The van der Waals surface area contributed by atoms with Crippen LogP contribution < -0.4 is 11.1 Å². The molecule has 1 fully saturated rings. The average Bonchev–Trinajstić information content (AvgIpc) is 2.74. The van der Waals surface area contributed by atoms with Crippen molar-refractivity contribution in [3.63, 3.8) is 0 Å². The van der Waals surface area contributed by atoms with Crippen molar-refractivity contribution < 1.29 is 4.79 Å². The summed E-state index contributed by atoms with van der Waals surface area (Å²) in [5.41, 5.74) is 7.10. The first-order chi connectivity index (χ1) is 7.25. The minimum Gasteiger partial charge on any atom is -0.399 e. The molecule has 0 spiro atoms. The molecule has 0 bridgehead atoms. The van der Waals surface area contributed by atoms with E-state index in [1.54, 1.807) is 12.1 Å². The molecule has 3 nitrogen and oxygen atoms in total. The quantitative estimate of drug-likeness (QED) is 0.752. The van der Waals surface area contributed by atoms with Crippen LogP contribution in [0.2, 0.25) is 0 Å². The fourth-order valence-corrected chi connectivity index (χ4v) is 2.77. The van der Waals surface area contributed by atoms with Crippen molar-refractivity contribution in [1.82, 2.24) is 0 Å². The van der Waals surface area contributed by atoms with Crippen molar-refractivity contribution in [3.05, 3.63) is 24.3 Å². The molecule has 1 aliphatic rings. The number of nitrogens with two attached hydrogens (primary N) is 1. The molecule has 80 valence electrons. The Morgan fingerprint density at radius 3 is 2.73 bits per heavy atom. The molecule has 4 heteroatoms. The first-order valence-electron chi connectivity index (χ1n) is 5.00. The monoisotopic (exact) mass is 222 g/mol. The zero-order valence-corrected chi connectivity index (χ0v) is 9.22. The zero-order chi connectivity index (χ0) is 10.7. The number of thioether (sulfide) groups is 1. The average molecular weight is 222 g/mol. The van der Waals surface area contributed by atoms with Crippen molar-refractivity contribution in [2.75, 3.05) is 22.6 Å². The Balaban J connectivity index is 1.96. The lowest BCUT2D eigenvalue weighted by molar-refractivity contribution is -0.119. The number of hydrogen-bond donors (Lipinski definition) is 2. The largest absolute Gasteiger partial charge is 0.399 e. The number of rotatable bonds is 2. The molecule has 3 N–H and O–H groups in total. The van der Waals surface area contributed by atoms with E-state index >= 15 is 0 Å². The van der Waals surface area contributed by atoms with Crippen LogP contribution in [0.25, 0.3) is 0 Å². The summed E-state index contributed by atoms with van der Waals surface area (Å²) < 4.78 is 0. The van der Waals surface area contributed by atoms with Crippen LogP contribution in [0.5, 0.6) is 0 Å². The number of anilines is 2. The van der Waals surface area contributed by atoms with Gasteiger partial charge in [0.15, 0.2) is 0 Å². The molecule has 1 aromatic carbocycles. The Hall–Kier alpha value is -1.16. The Morgan fingerprint density at radius 1 is 1.40 bits per heavy atom. The summed E-state index contributed by atoms with van der Waals surface area (Å²) in [4.78, 5) is 11.7. The van der Waals surface area contributed by atoms with Gasteiger partial charge in [0.1, 0.15) is 0 Å². The Bertz CT molecular complexity index is 344. The van der Waals surface area contributed by atoms with Gasteiger partial charge in [0.05, 0.1) is 0 Å². The van der Waals surface area contributed by atoms with E-state index in [0.717, 1.165) is 23.6 Å². The van der Waals surface area contributed by atoms with Gasteiger partial charge in [-0.1, -0.05) is 0 Å². The highest BCUT2D eigenvalue weighted by molar-refractivity contribution is 7.99. The zero-order valence-electron chi connectivity index (χ0n) is 8.40. The van der Waals surface area contributed by atoms with Crippen molar-refractivity contribution >= 4 is 29.0 Å². The second kappa shape index (κ2) is 4.57. The van der Waals surface area contributed by atoms with Crippen LogP contribution in [-0.4, -0.2) is 17.4 Å². The highest BCUT2D eigenvalue weighted by Gasteiger charge is 2.22. The second-order valence-corrected chi connectivity index (χ2v) is 4.82. The number of nitrogen functional groups attached to an aromatic ring is 1. The van der Waals surface area contributed by atoms with Crippen LogP contribution >= 0.6 is 11.8 Å². The maximum atomic E-state index is 11.7. The summed E-state index contributed by atoms with van der Waals surface area (Å²) in [6.45, 7) is 0. The molecule has 2 rings (SSSR count). The standard InChI is InChI=1S/C11H14N2OS/c12-9-1-3-10(4-2-9)13-11(14)8-5-6-15-7-8/h1-4,8H,5-7,12H2,(H,13,14). The van der Waals surface area contributed by atoms with E-state index in [4.69, 9.17) is 5.73 Å². The van der Waals surface area contributed by atoms with Crippen LogP contribution in [0.4, 0.5) is 11.4 Å². The lowest BCUT2D eigenvalue weighted by atomic mass is 10.1. The van der Waals surface area contributed by atoms with E-state index in [-0.39, 0.29) is 11.8 Å². The lowest BCUT2D eigenvalue weighted by Crippen LogP contribution is -2.22. The third kappa shape index (κ3) is 2.65. The molecule has 1 aliphatic heterocycles. The van der Waals surface area contributed by atoms with Crippen molar-refractivity contribution in [2.24, 2.45) is 5.92 Å². The molecule has 0 aromatic heterocycles. The van der Waals surface area contributed by atoms with E-state index in [0.29, 0.717) is 5.69 Å². The number of nitrogens with one attached hydrogen (secondary N) is 1. The third-order valence-electron chi connectivity index (χ3n) is 2.48. The molecule has 1 saturated heterocycles. The summed E-state index contributed by atoms with van der Waals surface area (Å²) in [6.07, 6.45) is 0.992. The molecule has 0 radical (unpaired) electrons. The van der Waals surface area contributed by atoms with Crippen molar-refractivity contribution in [1.29, 1.82) is 0 Å². The van der Waals surface area contributed by atoms with Crippen LogP contribution in [0.15, 0.2) is 24.3 Å². The first-order valence-corrected chi connectivity index (χ1v) is 6.15. The summed E-state index contributed by atoms with van der Waals surface area (Å²) >= 11 is 1.84. The fourth-order valence-electron chi connectivity index (χ4n) is 1.55. The molecule has 1 amide bonds. The van der Waals surface area contributed by atoms with Gasteiger partial charge >= 0.3 is 0 Å². The first kappa shape index (κ1) is 10.4. The molecule has 15 heavy (non-hydrogen) atoms.